The third-order valence-corrected chi connectivity index (χ3v) is 4.82. The number of hydrogen-bond acceptors (Lipinski definition) is 5. The van der Waals surface area contributed by atoms with Gasteiger partial charge < -0.3 is 21.3 Å². The van der Waals surface area contributed by atoms with Gasteiger partial charge in [0.1, 0.15) is 5.82 Å². The highest BCUT2D eigenvalue weighted by Crippen LogP contribution is 2.24. The largest absolute Gasteiger partial charge is 0.369 e. The van der Waals surface area contributed by atoms with Crippen LogP contribution in [0.15, 0.2) is 47.7 Å². The number of hydrogen-bond donors (Lipinski definition) is 3. The Morgan fingerprint density at radius 1 is 1.21 bits per heavy atom. The molecule has 0 bridgehead atoms. The highest BCUT2D eigenvalue weighted by atomic mass is 127. The van der Waals surface area contributed by atoms with Gasteiger partial charge in [-0.15, -0.1) is 24.0 Å². The van der Waals surface area contributed by atoms with Crippen molar-refractivity contribution in [3.63, 3.8) is 0 Å². The van der Waals surface area contributed by atoms with Crippen molar-refractivity contribution in [1.29, 1.82) is 0 Å². The summed E-state index contributed by atoms with van der Waals surface area (Å²) in [5.41, 5.74) is 7.51. The van der Waals surface area contributed by atoms with E-state index in [1.165, 1.54) is 0 Å². The summed E-state index contributed by atoms with van der Waals surface area (Å²) in [5, 5.41) is 6.58. The normalized spacial score (nSPS) is 16.7. The molecule has 0 aliphatic carbocycles. The smallest absolute Gasteiger partial charge is 0.222 e. The maximum absolute atomic E-state index is 11.6. The first-order chi connectivity index (χ1) is 13.7. The second-order valence-electron chi connectivity index (χ2n) is 6.77. The topological polar surface area (TPSA) is 109 Å². The second kappa shape index (κ2) is 11.5. The van der Waals surface area contributed by atoms with Gasteiger partial charge in [0.15, 0.2) is 5.96 Å². The number of carbonyl (C=O) groups is 1. The molecule has 0 spiro atoms. The van der Waals surface area contributed by atoms with Crippen molar-refractivity contribution in [2.45, 2.75) is 25.9 Å². The third-order valence-electron chi connectivity index (χ3n) is 4.82. The second-order valence-corrected chi connectivity index (χ2v) is 6.77. The molecule has 1 atom stereocenters. The summed E-state index contributed by atoms with van der Waals surface area (Å²) in [5.74, 6) is 1.22. The molecule has 8 nitrogen and oxygen atoms in total. The monoisotopic (exact) mass is 509 g/mol. The van der Waals surface area contributed by atoms with E-state index >= 15 is 0 Å². The Labute approximate surface area is 188 Å². The quantitative estimate of drug-likeness (QED) is 0.311. The van der Waals surface area contributed by atoms with E-state index in [9.17, 15) is 4.79 Å². The molecule has 1 saturated heterocycles. The van der Waals surface area contributed by atoms with E-state index in [4.69, 9.17) is 5.73 Å². The summed E-state index contributed by atoms with van der Waals surface area (Å²) in [4.78, 5) is 26.9. The molecule has 2 aromatic rings. The summed E-state index contributed by atoms with van der Waals surface area (Å²) in [6.45, 7) is 2.65. The summed E-state index contributed by atoms with van der Waals surface area (Å²) < 4.78 is 0. The van der Waals surface area contributed by atoms with Crippen LogP contribution in [0.1, 0.15) is 24.1 Å². The van der Waals surface area contributed by atoms with E-state index < -0.39 is 0 Å². The SMILES string of the molecule is CN=C(NCc1ccccn1)NCc1cccnc1N1CCCC(C(N)=O)C1.I. The predicted octanol–water partition coefficient (Wildman–Crippen LogP) is 1.66. The van der Waals surface area contributed by atoms with Crippen LogP contribution in [0.4, 0.5) is 5.82 Å². The van der Waals surface area contributed by atoms with Crippen LogP contribution in [-0.4, -0.2) is 42.0 Å². The predicted molar refractivity (Wildman–Crippen MR) is 125 cm³/mol. The van der Waals surface area contributed by atoms with Crippen LogP contribution in [0.2, 0.25) is 0 Å². The Hall–Kier alpha value is -2.43. The molecule has 0 saturated carbocycles. The zero-order valence-corrected chi connectivity index (χ0v) is 18.9. The van der Waals surface area contributed by atoms with Gasteiger partial charge in [-0.2, -0.15) is 0 Å². The van der Waals surface area contributed by atoms with Gasteiger partial charge in [0.25, 0.3) is 0 Å². The number of halogens is 1. The number of nitrogens with two attached hydrogens (primary N) is 1. The molecule has 1 aliphatic heterocycles. The Balaban J connectivity index is 0.00000300. The lowest BCUT2D eigenvalue weighted by Gasteiger charge is -2.33. The number of nitrogens with one attached hydrogen (secondary N) is 2. The van der Waals surface area contributed by atoms with Crippen molar-refractivity contribution >= 4 is 41.7 Å². The van der Waals surface area contributed by atoms with Crippen LogP contribution in [-0.2, 0) is 17.9 Å². The van der Waals surface area contributed by atoms with Gasteiger partial charge in [0, 0.05) is 44.6 Å². The van der Waals surface area contributed by atoms with E-state index in [2.05, 4.69) is 30.5 Å². The first-order valence-electron chi connectivity index (χ1n) is 9.50. The molecular formula is C20H28IN7O. The molecule has 1 aliphatic rings. The van der Waals surface area contributed by atoms with E-state index in [0.29, 0.717) is 25.6 Å². The highest BCUT2D eigenvalue weighted by Gasteiger charge is 2.25. The first-order valence-corrected chi connectivity index (χ1v) is 9.50. The van der Waals surface area contributed by atoms with Gasteiger partial charge in [-0.25, -0.2) is 4.98 Å². The number of anilines is 1. The summed E-state index contributed by atoms with van der Waals surface area (Å²) >= 11 is 0. The van der Waals surface area contributed by atoms with Crippen LogP contribution in [0, 0.1) is 5.92 Å². The highest BCUT2D eigenvalue weighted by molar-refractivity contribution is 14.0. The summed E-state index contributed by atoms with van der Waals surface area (Å²) in [6.07, 6.45) is 5.33. The van der Waals surface area contributed by atoms with Crippen LogP contribution >= 0.6 is 24.0 Å². The fourth-order valence-corrected chi connectivity index (χ4v) is 3.33. The standard InChI is InChI=1S/C20H27N7O.HI/c1-22-20(26-13-17-8-2-3-9-23-17)25-12-15-6-4-10-24-19(15)27-11-5-7-16(14-27)18(21)28;/h2-4,6,8-10,16H,5,7,11-14H2,1H3,(H2,21,28)(H2,22,25,26);1H. The lowest BCUT2D eigenvalue weighted by atomic mass is 9.97. The maximum Gasteiger partial charge on any atom is 0.222 e. The van der Waals surface area contributed by atoms with Gasteiger partial charge in [0.2, 0.25) is 5.91 Å². The molecule has 3 rings (SSSR count). The molecule has 29 heavy (non-hydrogen) atoms. The van der Waals surface area contributed by atoms with Crippen LogP contribution < -0.4 is 21.3 Å². The number of guanidine groups is 1. The van der Waals surface area contributed by atoms with Crippen LogP contribution in [0.3, 0.4) is 0 Å². The Bertz CT molecular complexity index is 815. The molecule has 4 N–H and O–H groups in total. The Kier molecular flexibility index (Phi) is 9.10. The van der Waals surface area contributed by atoms with Crippen molar-refractivity contribution in [3.05, 3.63) is 54.0 Å². The van der Waals surface area contributed by atoms with Crippen LogP contribution in [0.25, 0.3) is 0 Å². The van der Waals surface area contributed by atoms with Gasteiger partial charge in [-0.1, -0.05) is 12.1 Å². The molecular weight excluding hydrogens is 481 g/mol. The number of rotatable bonds is 6. The molecule has 1 unspecified atom stereocenters. The zero-order chi connectivity index (χ0) is 19.8. The number of aliphatic imine (C=N–C) groups is 1. The Morgan fingerprint density at radius 2 is 2.00 bits per heavy atom. The fourth-order valence-electron chi connectivity index (χ4n) is 3.33. The molecule has 0 radical (unpaired) electrons. The minimum absolute atomic E-state index is 0. The molecule has 1 fully saturated rings. The van der Waals surface area contributed by atoms with E-state index in [0.717, 1.165) is 36.5 Å². The summed E-state index contributed by atoms with van der Waals surface area (Å²) in [6, 6.07) is 9.77. The van der Waals surface area contributed by atoms with Crippen molar-refractivity contribution in [2.75, 3.05) is 25.0 Å². The zero-order valence-electron chi connectivity index (χ0n) is 16.5. The number of carbonyl (C=O) groups excluding carboxylic acids is 1. The number of aromatic nitrogens is 2. The molecule has 1 amide bonds. The maximum atomic E-state index is 11.6. The van der Waals surface area contributed by atoms with E-state index in [1.54, 1.807) is 19.4 Å². The molecule has 2 aromatic heterocycles. The van der Waals surface area contributed by atoms with Gasteiger partial charge in [0.05, 0.1) is 18.2 Å². The van der Waals surface area contributed by atoms with Gasteiger partial charge >= 0.3 is 0 Å². The number of piperidine rings is 1. The number of primary amides is 1. The van der Waals surface area contributed by atoms with Crippen LogP contribution in [0.5, 0.6) is 0 Å². The lowest BCUT2D eigenvalue weighted by Crippen LogP contribution is -2.42. The average molecular weight is 509 g/mol. The minimum atomic E-state index is -0.237. The van der Waals surface area contributed by atoms with E-state index in [-0.39, 0.29) is 35.8 Å². The van der Waals surface area contributed by atoms with Crippen molar-refractivity contribution in [1.82, 2.24) is 20.6 Å². The fraction of sp³-hybridized carbons (Fsp3) is 0.400. The van der Waals surface area contributed by atoms with Crippen molar-refractivity contribution in [2.24, 2.45) is 16.6 Å². The molecule has 9 heteroatoms. The Morgan fingerprint density at radius 3 is 2.72 bits per heavy atom. The molecule has 0 aromatic carbocycles. The van der Waals surface area contributed by atoms with Gasteiger partial charge in [-0.05, 0) is 31.0 Å². The number of pyridine rings is 2. The molecule has 3 heterocycles. The molecule has 156 valence electrons. The van der Waals surface area contributed by atoms with E-state index in [1.807, 2.05) is 30.3 Å². The van der Waals surface area contributed by atoms with Crippen molar-refractivity contribution in [3.8, 4) is 0 Å². The van der Waals surface area contributed by atoms with Gasteiger partial charge in [-0.3, -0.25) is 14.8 Å². The van der Waals surface area contributed by atoms with Crippen molar-refractivity contribution < 1.29 is 4.79 Å². The lowest BCUT2D eigenvalue weighted by molar-refractivity contribution is -0.122. The first kappa shape index (κ1) is 22.9. The third kappa shape index (κ3) is 6.55. The number of amides is 1. The minimum Gasteiger partial charge on any atom is -0.369 e. The number of nitrogens with zero attached hydrogens (tertiary/aromatic N) is 4. The summed E-state index contributed by atoms with van der Waals surface area (Å²) in [7, 11) is 1.74. The average Bonchev–Trinajstić information content (AvgIpc) is 2.75.